The molecule has 19 heavy (non-hydrogen) atoms. The van der Waals surface area contributed by atoms with Gasteiger partial charge in [0, 0.05) is 49.8 Å². The number of nitrogens with zero attached hydrogens (tertiary/aromatic N) is 2. The van der Waals surface area contributed by atoms with Crippen molar-refractivity contribution in [3.63, 3.8) is 0 Å². The molecule has 1 N–H and O–H groups in total. The summed E-state index contributed by atoms with van der Waals surface area (Å²) in [7, 11) is 0. The lowest BCUT2D eigenvalue weighted by molar-refractivity contribution is 0.180. The molecule has 2 saturated heterocycles. The smallest absolute Gasteiger partial charge is 0.0308 e. The normalized spacial score (nSPS) is 29.7. The van der Waals surface area contributed by atoms with Gasteiger partial charge in [0.15, 0.2) is 0 Å². The summed E-state index contributed by atoms with van der Waals surface area (Å²) in [6, 6.07) is 0. The highest BCUT2D eigenvalue weighted by Crippen LogP contribution is 2.31. The van der Waals surface area contributed by atoms with Crippen molar-refractivity contribution >= 4 is 11.8 Å². The van der Waals surface area contributed by atoms with Gasteiger partial charge in [0.05, 0.1) is 0 Å². The lowest BCUT2D eigenvalue weighted by Crippen LogP contribution is -2.50. The summed E-state index contributed by atoms with van der Waals surface area (Å²) in [5.74, 6) is 2.68. The molecule has 1 spiro atoms. The van der Waals surface area contributed by atoms with Crippen LogP contribution in [-0.4, -0.2) is 72.7 Å². The van der Waals surface area contributed by atoms with Gasteiger partial charge in [-0.25, -0.2) is 0 Å². The molecule has 0 aromatic carbocycles. The van der Waals surface area contributed by atoms with Crippen LogP contribution in [0.25, 0.3) is 0 Å². The zero-order valence-electron chi connectivity index (χ0n) is 12.2. The van der Waals surface area contributed by atoms with Crippen LogP contribution in [0.15, 0.2) is 0 Å². The number of hydrogen-bond donors (Lipinski definition) is 1. The molecule has 4 heteroatoms. The van der Waals surface area contributed by atoms with E-state index >= 15 is 0 Å². The van der Waals surface area contributed by atoms with Crippen LogP contribution < -0.4 is 5.32 Å². The minimum Gasteiger partial charge on any atom is -0.310 e. The first-order valence-electron chi connectivity index (χ1n) is 8.14. The summed E-state index contributed by atoms with van der Waals surface area (Å²) in [6.45, 7) is 9.03. The van der Waals surface area contributed by atoms with E-state index in [4.69, 9.17) is 0 Å². The molecule has 0 aromatic rings. The number of nitrogens with one attached hydrogen (secondary N) is 1. The van der Waals surface area contributed by atoms with E-state index in [1.807, 2.05) is 0 Å². The van der Waals surface area contributed by atoms with Crippen LogP contribution in [0.4, 0.5) is 0 Å². The van der Waals surface area contributed by atoms with Crippen molar-refractivity contribution in [2.45, 2.75) is 37.6 Å². The Bertz CT molecular complexity index is 273. The second-order valence-electron chi connectivity index (χ2n) is 6.50. The highest BCUT2D eigenvalue weighted by molar-refractivity contribution is 7.99. The standard InChI is InChI=1S/C15H29N3S/c1-2-5-15(4-1)14-18(7-3-6-16-15)9-8-17-10-12-19-13-11-17/h16H,1-14H2. The van der Waals surface area contributed by atoms with Crippen molar-refractivity contribution in [3.8, 4) is 0 Å². The van der Waals surface area contributed by atoms with Crippen molar-refractivity contribution < 1.29 is 0 Å². The third-order valence-corrected chi connectivity index (χ3v) is 6.02. The zero-order valence-corrected chi connectivity index (χ0v) is 13.0. The molecule has 0 unspecified atom stereocenters. The van der Waals surface area contributed by atoms with E-state index in [2.05, 4.69) is 26.9 Å². The van der Waals surface area contributed by atoms with Crippen LogP contribution in [0.1, 0.15) is 32.1 Å². The van der Waals surface area contributed by atoms with Gasteiger partial charge in [0.1, 0.15) is 0 Å². The maximum Gasteiger partial charge on any atom is 0.0308 e. The molecule has 3 nitrogen and oxygen atoms in total. The van der Waals surface area contributed by atoms with Gasteiger partial charge < -0.3 is 15.1 Å². The van der Waals surface area contributed by atoms with E-state index in [0.29, 0.717) is 5.54 Å². The van der Waals surface area contributed by atoms with E-state index in [0.717, 1.165) is 0 Å². The quantitative estimate of drug-likeness (QED) is 0.848. The Labute approximate surface area is 122 Å². The van der Waals surface area contributed by atoms with Crippen molar-refractivity contribution in [1.29, 1.82) is 0 Å². The predicted molar refractivity (Wildman–Crippen MR) is 84.0 cm³/mol. The van der Waals surface area contributed by atoms with Crippen molar-refractivity contribution in [3.05, 3.63) is 0 Å². The molecule has 3 aliphatic rings. The molecule has 0 amide bonds. The zero-order chi connectivity index (χ0) is 13.0. The molecular weight excluding hydrogens is 254 g/mol. The average molecular weight is 283 g/mol. The fraction of sp³-hybridized carbons (Fsp3) is 1.00. The molecule has 0 atom stereocenters. The van der Waals surface area contributed by atoms with E-state index in [1.165, 1.54) is 89.4 Å². The number of hydrogen-bond acceptors (Lipinski definition) is 4. The van der Waals surface area contributed by atoms with Crippen LogP contribution in [0.5, 0.6) is 0 Å². The maximum absolute atomic E-state index is 3.87. The minimum atomic E-state index is 0.480. The van der Waals surface area contributed by atoms with Crippen LogP contribution in [0.2, 0.25) is 0 Å². The molecular formula is C15H29N3S. The third kappa shape index (κ3) is 3.87. The molecule has 0 aromatic heterocycles. The first-order chi connectivity index (χ1) is 9.36. The average Bonchev–Trinajstić information content (AvgIpc) is 2.80. The fourth-order valence-electron chi connectivity index (χ4n) is 3.90. The summed E-state index contributed by atoms with van der Waals surface area (Å²) >= 11 is 2.11. The summed E-state index contributed by atoms with van der Waals surface area (Å²) in [5, 5.41) is 3.87. The SMILES string of the molecule is C1CNC2(CCCC2)CN(CCN2CCSCC2)C1. The van der Waals surface area contributed by atoms with Gasteiger partial charge in [-0.1, -0.05) is 12.8 Å². The van der Waals surface area contributed by atoms with E-state index < -0.39 is 0 Å². The predicted octanol–water partition coefficient (Wildman–Crippen LogP) is 1.64. The Kier molecular flexibility index (Phi) is 5.07. The number of rotatable bonds is 3. The van der Waals surface area contributed by atoms with Crippen molar-refractivity contribution in [2.24, 2.45) is 0 Å². The summed E-state index contributed by atoms with van der Waals surface area (Å²) < 4.78 is 0. The first-order valence-corrected chi connectivity index (χ1v) is 9.29. The summed E-state index contributed by atoms with van der Waals surface area (Å²) in [5.41, 5.74) is 0.480. The summed E-state index contributed by atoms with van der Waals surface area (Å²) in [6.07, 6.45) is 7.01. The molecule has 2 aliphatic heterocycles. The lowest BCUT2D eigenvalue weighted by Gasteiger charge is -2.35. The van der Waals surface area contributed by atoms with E-state index in [-0.39, 0.29) is 0 Å². The highest BCUT2D eigenvalue weighted by Gasteiger charge is 2.36. The molecule has 0 radical (unpaired) electrons. The molecule has 110 valence electrons. The second-order valence-corrected chi connectivity index (χ2v) is 7.72. The minimum absolute atomic E-state index is 0.480. The van der Waals surface area contributed by atoms with Gasteiger partial charge in [0.2, 0.25) is 0 Å². The Hall–Kier alpha value is 0.230. The second kappa shape index (κ2) is 6.79. The summed E-state index contributed by atoms with van der Waals surface area (Å²) in [4.78, 5) is 5.41. The molecule has 3 rings (SSSR count). The maximum atomic E-state index is 3.87. The van der Waals surface area contributed by atoms with Gasteiger partial charge in [-0.05, 0) is 32.4 Å². The third-order valence-electron chi connectivity index (χ3n) is 5.07. The monoisotopic (exact) mass is 283 g/mol. The molecule has 1 aliphatic carbocycles. The van der Waals surface area contributed by atoms with E-state index in [9.17, 15) is 0 Å². The van der Waals surface area contributed by atoms with Crippen molar-refractivity contribution in [1.82, 2.24) is 15.1 Å². The Balaban J connectivity index is 1.48. The Morgan fingerprint density at radius 3 is 2.42 bits per heavy atom. The van der Waals surface area contributed by atoms with Gasteiger partial charge >= 0.3 is 0 Å². The van der Waals surface area contributed by atoms with Gasteiger partial charge in [-0.3, -0.25) is 0 Å². The van der Waals surface area contributed by atoms with Crippen molar-refractivity contribution in [2.75, 3.05) is 57.3 Å². The topological polar surface area (TPSA) is 18.5 Å². The van der Waals surface area contributed by atoms with Crippen LogP contribution in [0, 0.1) is 0 Å². The van der Waals surface area contributed by atoms with Crippen LogP contribution in [-0.2, 0) is 0 Å². The Morgan fingerprint density at radius 2 is 1.63 bits per heavy atom. The molecule has 2 heterocycles. The van der Waals surface area contributed by atoms with Crippen LogP contribution in [0.3, 0.4) is 0 Å². The Morgan fingerprint density at radius 1 is 0.895 bits per heavy atom. The van der Waals surface area contributed by atoms with Gasteiger partial charge in [-0.15, -0.1) is 0 Å². The fourth-order valence-corrected chi connectivity index (χ4v) is 4.88. The largest absolute Gasteiger partial charge is 0.310 e. The molecule has 1 saturated carbocycles. The molecule has 3 fully saturated rings. The van der Waals surface area contributed by atoms with Gasteiger partial charge in [0.25, 0.3) is 0 Å². The molecule has 0 bridgehead atoms. The van der Waals surface area contributed by atoms with Gasteiger partial charge in [-0.2, -0.15) is 11.8 Å². The first kappa shape index (κ1) is 14.2. The lowest BCUT2D eigenvalue weighted by atomic mass is 9.97. The van der Waals surface area contributed by atoms with E-state index in [1.54, 1.807) is 0 Å². The highest BCUT2D eigenvalue weighted by atomic mass is 32.2. The van der Waals surface area contributed by atoms with Crippen LogP contribution >= 0.6 is 11.8 Å². The number of thioether (sulfide) groups is 1.